The summed E-state index contributed by atoms with van der Waals surface area (Å²) in [5.41, 5.74) is 1.73. The first-order valence-corrected chi connectivity index (χ1v) is 7.99. The van der Waals surface area contributed by atoms with Crippen LogP contribution in [0.25, 0.3) is 0 Å². The van der Waals surface area contributed by atoms with Crippen molar-refractivity contribution in [2.45, 2.75) is 39.8 Å². The minimum Gasteiger partial charge on any atom is -0.360 e. The van der Waals surface area contributed by atoms with Gasteiger partial charge in [0.1, 0.15) is 5.76 Å². The van der Waals surface area contributed by atoms with Crippen molar-refractivity contribution < 1.29 is 9.32 Å². The van der Waals surface area contributed by atoms with Crippen molar-refractivity contribution in [2.24, 2.45) is 0 Å². The third kappa shape index (κ3) is 3.53. The molecule has 8 heteroatoms. The molecule has 1 N–H and O–H groups in total. The first-order chi connectivity index (χ1) is 11.4. The van der Waals surface area contributed by atoms with E-state index in [0.29, 0.717) is 18.1 Å². The van der Waals surface area contributed by atoms with Gasteiger partial charge in [0.25, 0.3) is 5.56 Å². The largest absolute Gasteiger partial charge is 0.360 e. The third-order valence-corrected chi connectivity index (χ3v) is 3.93. The van der Waals surface area contributed by atoms with Crippen LogP contribution in [0.2, 0.25) is 0 Å². The summed E-state index contributed by atoms with van der Waals surface area (Å²) in [7, 11) is 0. The summed E-state index contributed by atoms with van der Waals surface area (Å²) in [4.78, 5) is 26.2. The monoisotopic (exact) mass is 331 g/mol. The number of amides is 1. The molecule has 0 saturated carbocycles. The molecule has 1 amide bonds. The lowest BCUT2D eigenvalue weighted by Crippen LogP contribution is -2.39. The van der Waals surface area contributed by atoms with Gasteiger partial charge in [-0.2, -0.15) is 5.10 Å². The Kier molecular flexibility index (Phi) is 4.48. The SMILES string of the molecule is Cc1cc(NC(=O)CN2CCc3nn(C(C)C)c(=O)cc3C2)no1. The molecule has 0 bridgehead atoms. The van der Waals surface area contributed by atoms with Gasteiger partial charge in [0.15, 0.2) is 5.82 Å². The number of hydrogen-bond donors (Lipinski definition) is 1. The van der Waals surface area contributed by atoms with Crippen LogP contribution in [0.15, 0.2) is 21.5 Å². The highest BCUT2D eigenvalue weighted by molar-refractivity contribution is 5.91. The first kappa shape index (κ1) is 16.4. The van der Waals surface area contributed by atoms with Gasteiger partial charge in [0.2, 0.25) is 5.91 Å². The molecule has 0 saturated heterocycles. The van der Waals surface area contributed by atoms with Crippen LogP contribution >= 0.6 is 0 Å². The van der Waals surface area contributed by atoms with E-state index < -0.39 is 0 Å². The highest BCUT2D eigenvalue weighted by Gasteiger charge is 2.21. The predicted octanol–water partition coefficient (Wildman–Crippen LogP) is 1.12. The van der Waals surface area contributed by atoms with Crippen molar-refractivity contribution in [3.63, 3.8) is 0 Å². The van der Waals surface area contributed by atoms with Crippen molar-refractivity contribution >= 4 is 11.7 Å². The summed E-state index contributed by atoms with van der Waals surface area (Å²) in [6, 6.07) is 3.34. The third-order valence-electron chi connectivity index (χ3n) is 3.93. The van der Waals surface area contributed by atoms with Crippen LogP contribution in [0.3, 0.4) is 0 Å². The summed E-state index contributed by atoms with van der Waals surface area (Å²) in [5.74, 6) is 0.899. The Hall–Kier alpha value is -2.48. The van der Waals surface area contributed by atoms with Gasteiger partial charge >= 0.3 is 0 Å². The number of fused-ring (bicyclic) bond motifs is 1. The second-order valence-corrected chi connectivity index (χ2v) is 6.32. The normalized spacial score (nSPS) is 14.7. The van der Waals surface area contributed by atoms with E-state index in [9.17, 15) is 9.59 Å². The standard InChI is InChI=1S/C16H21N5O3/c1-10(2)21-16(23)7-12-8-20(5-4-13(12)18-21)9-15(22)17-14-6-11(3)24-19-14/h6-7,10H,4-5,8-9H2,1-3H3,(H,17,19,22). The molecule has 0 unspecified atom stereocenters. The van der Waals surface area contributed by atoms with Crippen molar-refractivity contribution in [1.29, 1.82) is 0 Å². The average Bonchev–Trinajstić information content (AvgIpc) is 2.91. The number of aromatic nitrogens is 3. The molecule has 0 aromatic carbocycles. The number of anilines is 1. The molecule has 2 aromatic rings. The van der Waals surface area contributed by atoms with Gasteiger partial charge in [-0.3, -0.25) is 14.5 Å². The highest BCUT2D eigenvalue weighted by atomic mass is 16.5. The molecular weight excluding hydrogens is 310 g/mol. The van der Waals surface area contributed by atoms with E-state index in [1.807, 2.05) is 18.7 Å². The van der Waals surface area contributed by atoms with Crippen LogP contribution in [0.1, 0.15) is 36.9 Å². The Bertz CT molecular complexity index is 808. The van der Waals surface area contributed by atoms with Crippen molar-refractivity contribution in [3.05, 3.63) is 39.5 Å². The molecule has 24 heavy (non-hydrogen) atoms. The molecule has 0 atom stereocenters. The average molecular weight is 331 g/mol. The van der Waals surface area contributed by atoms with E-state index >= 15 is 0 Å². The number of hydrogen-bond acceptors (Lipinski definition) is 6. The molecule has 128 valence electrons. The van der Waals surface area contributed by atoms with E-state index in [1.165, 1.54) is 4.68 Å². The Morgan fingerprint density at radius 3 is 2.88 bits per heavy atom. The zero-order valence-electron chi connectivity index (χ0n) is 14.1. The van der Waals surface area contributed by atoms with Crippen molar-refractivity contribution in [3.8, 4) is 0 Å². The van der Waals surface area contributed by atoms with Crippen molar-refractivity contribution in [2.75, 3.05) is 18.4 Å². The number of carbonyl (C=O) groups excluding carboxylic acids is 1. The van der Waals surface area contributed by atoms with Crippen LogP contribution in [0.5, 0.6) is 0 Å². The second-order valence-electron chi connectivity index (χ2n) is 6.32. The Morgan fingerprint density at radius 2 is 2.21 bits per heavy atom. The quantitative estimate of drug-likeness (QED) is 0.902. The number of nitrogens with zero attached hydrogens (tertiary/aromatic N) is 4. The van der Waals surface area contributed by atoms with E-state index in [2.05, 4.69) is 15.6 Å². The Labute approximate surface area is 139 Å². The topological polar surface area (TPSA) is 93.3 Å². The fraction of sp³-hybridized carbons (Fsp3) is 0.500. The molecule has 0 spiro atoms. The summed E-state index contributed by atoms with van der Waals surface area (Å²) < 4.78 is 6.43. The second kappa shape index (κ2) is 6.56. The van der Waals surface area contributed by atoms with Gasteiger partial charge in [0.05, 0.1) is 18.3 Å². The summed E-state index contributed by atoms with van der Waals surface area (Å²) >= 11 is 0. The maximum atomic E-state index is 12.1. The Morgan fingerprint density at radius 1 is 1.42 bits per heavy atom. The van der Waals surface area contributed by atoms with E-state index in [4.69, 9.17) is 4.52 Å². The van der Waals surface area contributed by atoms with Crippen molar-refractivity contribution in [1.82, 2.24) is 19.8 Å². The molecule has 8 nitrogen and oxygen atoms in total. The maximum absolute atomic E-state index is 12.1. The smallest absolute Gasteiger partial charge is 0.267 e. The highest BCUT2D eigenvalue weighted by Crippen LogP contribution is 2.16. The molecule has 3 rings (SSSR count). The van der Waals surface area contributed by atoms with Gasteiger partial charge in [-0.05, 0) is 26.3 Å². The Balaban J connectivity index is 1.65. The van der Waals surface area contributed by atoms with Gasteiger partial charge in [-0.1, -0.05) is 5.16 Å². The van der Waals surface area contributed by atoms with E-state index in [1.54, 1.807) is 19.1 Å². The number of aryl methyl sites for hydroxylation is 1. The lowest BCUT2D eigenvalue weighted by molar-refractivity contribution is -0.117. The first-order valence-electron chi connectivity index (χ1n) is 7.99. The van der Waals surface area contributed by atoms with Crippen LogP contribution in [-0.4, -0.2) is 38.8 Å². The number of nitrogens with one attached hydrogen (secondary N) is 1. The molecular formula is C16H21N5O3. The van der Waals surface area contributed by atoms with Crippen LogP contribution in [-0.2, 0) is 17.8 Å². The zero-order valence-corrected chi connectivity index (χ0v) is 14.1. The van der Waals surface area contributed by atoms with Gasteiger partial charge in [-0.15, -0.1) is 0 Å². The van der Waals surface area contributed by atoms with Crippen LogP contribution in [0.4, 0.5) is 5.82 Å². The number of rotatable bonds is 4. The lowest BCUT2D eigenvalue weighted by Gasteiger charge is -2.27. The lowest BCUT2D eigenvalue weighted by atomic mass is 10.1. The van der Waals surface area contributed by atoms with Gasteiger partial charge < -0.3 is 9.84 Å². The van der Waals surface area contributed by atoms with Gasteiger partial charge in [0, 0.05) is 31.6 Å². The van der Waals surface area contributed by atoms with Gasteiger partial charge in [-0.25, -0.2) is 4.68 Å². The molecule has 1 aliphatic heterocycles. The van der Waals surface area contributed by atoms with E-state index in [0.717, 1.165) is 24.2 Å². The van der Waals surface area contributed by atoms with Crippen LogP contribution < -0.4 is 10.9 Å². The molecule has 1 aliphatic rings. The summed E-state index contributed by atoms with van der Waals surface area (Å²) in [6.07, 6.45) is 0.721. The predicted molar refractivity (Wildman–Crippen MR) is 87.7 cm³/mol. The summed E-state index contributed by atoms with van der Waals surface area (Å²) in [5, 5.41) is 10.9. The van der Waals surface area contributed by atoms with Crippen LogP contribution in [0, 0.1) is 6.92 Å². The molecule has 3 heterocycles. The minimum absolute atomic E-state index is 0.0394. The molecule has 2 aromatic heterocycles. The fourth-order valence-corrected chi connectivity index (χ4v) is 2.79. The summed E-state index contributed by atoms with van der Waals surface area (Å²) in [6.45, 7) is 7.14. The minimum atomic E-state index is -0.157. The number of carbonyl (C=O) groups is 1. The van der Waals surface area contributed by atoms with E-state index in [-0.39, 0.29) is 24.1 Å². The molecule has 0 aliphatic carbocycles. The maximum Gasteiger partial charge on any atom is 0.267 e. The fourth-order valence-electron chi connectivity index (χ4n) is 2.79. The zero-order chi connectivity index (χ0) is 17.3. The molecule has 0 radical (unpaired) electrons. The molecule has 0 fully saturated rings.